The number of pyridine rings is 1. The van der Waals surface area contributed by atoms with E-state index in [0.717, 1.165) is 28.6 Å². The first-order chi connectivity index (χ1) is 10.7. The van der Waals surface area contributed by atoms with Crippen LogP contribution in [0.4, 0.5) is 0 Å². The lowest BCUT2D eigenvalue weighted by Gasteiger charge is -2.10. The summed E-state index contributed by atoms with van der Waals surface area (Å²) in [5.74, 6) is 1.75. The maximum absolute atomic E-state index is 5.60. The van der Waals surface area contributed by atoms with Crippen molar-refractivity contribution in [3.05, 3.63) is 35.3 Å². The maximum atomic E-state index is 5.60. The second-order valence-electron chi connectivity index (χ2n) is 6.06. The van der Waals surface area contributed by atoms with Gasteiger partial charge in [0.1, 0.15) is 5.75 Å². The Morgan fingerprint density at radius 3 is 2.00 bits per heavy atom. The molecule has 0 aromatic carbocycles. The molecule has 0 atom stereocenters. The van der Waals surface area contributed by atoms with Gasteiger partial charge in [-0.3, -0.25) is 4.98 Å². The van der Waals surface area contributed by atoms with Crippen LogP contribution in [-0.2, 0) is 7.05 Å². The van der Waals surface area contributed by atoms with E-state index < -0.39 is 0 Å². The van der Waals surface area contributed by atoms with E-state index in [1.165, 1.54) is 0 Å². The van der Waals surface area contributed by atoms with Crippen molar-refractivity contribution in [3.63, 3.8) is 0 Å². The maximum Gasteiger partial charge on any atom is 0.214 e. The summed E-state index contributed by atoms with van der Waals surface area (Å²) in [4.78, 5) is 4.11. The SMILES string of the molecule is Cc1ncccc1OC(C)C.Cc1nn(C)c(OC(C)C)c1C. The molecule has 0 radical (unpaired) electrons. The number of ether oxygens (including phenoxy) is 2. The van der Waals surface area contributed by atoms with Crippen LogP contribution in [0.15, 0.2) is 18.3 Å². The summed E-state index contributed by atoms with van der Waals surface area (Å²) >= 11 is 0. The summed E-state index contributed by atoms with van der Waals surface area (Å²) < 4.78 is 12.9. The summed E-state index contributed by atoms with van der Waals surface area (Å²) in [7, 11) is 1.90. The first kappa shape index (κ1) is 19.0. The molecule has 2 rings (SSSR count). The Morgan fingerprint density at radius 2 is 1.57 bits per heavy atom. The molecule has 0 saturated carbocycles. The van der Waals surface area contributed by atoms with Crippen LogP contribution in [0.2, 0.25) is 0 Å². The van der Waals surface area contributed by atoms with Crippen LogP contribution in [0.5, 0.6) is 11.6 Å². The van der Waals surface area contributed by atoms with Gasteiger partial charge in [0.05, 0.1) is 23.6 Å². The van der Waals surface area contributed by atoms with Crippen LogP contribution in [-0.4, -0.2) is 27.0 Å². The second kappa shape index (κ2) is 8.56. The van der Waals surface area contributed by atoms with Crippen molar-refractivity contribution in [2.45, 2.75) is 60.7 Å². The molecule has 0 bridgehead atoms. The van der Waals surface area contributed by atoms with Gasteiger partial charge in [0.15, 0.2) is 0 Å². The van der Waals surface area contributed by atoms with Gasteiger partial charge in [-0.15, -0.1) is 0 Å². The molecule has 0 N–H and O–H groups in total. The number of hydrogen-bond donors (Lipinski definition) is 0. The highest BCUT2D eigenvalue weighted by Gasteiger charge is 2.10. The monoisotopic (exact) mass is 319 g/mol. The Morgan fingerprint density at radius 1 is 0.957 bits per heavy atom. The van der Waals surface area contributed by atoms with Crippen LogP contribution in [0.1, 0.15) is 44.6 Å². The van der Waals surface area contributed by atoms with Crippen LogP contribution >= 0.6 is 0 Å². The predicted molar refractivity (Wildman–Crippen MR) is 93.2 cm³/mol. The Labute approximate surface area is 139 Å². The predicted octanol–water partition coefficient (Wildman–Crippen LogP) is 4.00. The molecule has 2 aromatic heterocycles. The first-order valence-electron chi connectivity index (χ1n) is 7.97. The molecule has 0 amide bonds. The molecule has 23 heavy (non-hydrogen) atoms. The van der Waals surface area contributed by atoms with Gasteiger partial charge in [-0.1, -0.05) is 0 Å². The molecule has 0 fully saturated rings. The van der Waals surface area contributed by atoms with Gasteiger partial charge in [-0.25, -0.2) is 4.68 Å². The average molecular weight is 319 g/mol. The van der Waals surface area contributed by atoms with Crippen LogP contribution in [0.3, 0.4) is 0 Å². The van der Waals surface area contributed by atoms with Crippen molar-refractivity contribution in [1.82, 2.24) is 14.8 Å². The van der Waals surface area contributed by atoms with Crippen LogP contribution in [0.25, 0.3) is 0 Å². The molecular formula is C18H29N3O2. The van der Waals surface area contributed by atoms with Gasteiger partial charge in [-0.05, 0) is 60.6 Å². The zero-order chi connectivity index (χ0) is 17.6. The molecule has 5 heteroatoms. The minimum Gasteiger partial charge on any atom is -0.489 e. The standard InChI is InChI=1S/C9H16N2O.C9H13NO/c1-6(2)12-9-7(3)8(4)10-11(9)5;1-7(2)11-9-5-4-6-10-8(9)3/h6H,1-5H3;4-7H,1-3H3. The molecule has 2 heterocycles. The number of nitrogens with zero attached hydrogens (tertiary/aromatic N) is 3. The minimum atomic E-state index is 0.207. The molecule has 0 aliphatic rings. The van der Waals surface area contributed by atoms with E-state index in [4.69, 9.17) is 9.47 Å². The lowest BCUT2D eigenvalue weighted by atomic mass is 10.3. The highest BCUT2D eigenvalue weighted by Crippen LogP contribution is 2.20. The zero-order valence-corrected chi connectivity index (χ0v) is 15.5. The van der Waals surface area contributed by atoms with Gasteiger partial charge >= 0.3 is 0 Å². The summed E-state index contributed by atoms with van der Waals surface area (Å²) in [6.07, 6.45) is 2.19. The third-order valence-corrected chi connectivity index (χ3v) is 3.13. The van der Waals surface area contributed by atoms with E-state index in [1.54, 1.807) is 10.9 Å². The van der Waals surface area contributed by atoms with Gasteiger partial charge in [0.25, 0.3) is 0 Å². The Kier molecular flexibility index (Phi) is 7.07. The molecule has 5 nitrogen and oxygen atoms in total. The molecule has 0 aliphatic carbocycles. The van der Waals surface area contributed by atoms with E-state index in [2.05, 4.69) is 10.1 Å². The lowest BCUT2D eigenvalue weighted by Crippen LogP contribution is -2.09. The third-order valence-electron chi connectivity index (χ3n) is 3.13. The molecule has 0 spiro atoms. The fraction of sp³-hybridized carbons (Fsp3) is 0.556. The van der Waals surface area contributed by atoms with Gasteiger partial charge in [0, 0.05) is 18.8 Å². The topological polar surface area (TPSA) is 49.2 Å². The zero-order valence-electron chi connectivity index (χ0n) is 15.5. The average Bonchev–Trinajstić information content (AvgIpc) is 2.68. The fourth-order valence-electron chi connectivity index (χ4n) is 1.98. The first-order valence-corrected chi connectivity index (χ1v) is 7.97. The van der Waals surface area contributed by atoms with E-state index in [1.807, 2.05) is 67.6 Å². The van der Waals surface area contributed by atoms with Crippen molar-refractivity contribution >= 4 is 0 Å². The Balaban J connectivity index is 0.000000231. The van der Waals surface area contributed by atoms with E-state index >= 15 is 0 Å². The van der Waals surface area contributed by atoms with Crippen molar-refractivity contribution in [1.29, 1.82) is 0 Å². The van der Waals surface area contributed by atoms with Gasteiger partial charge in [0.2, 0.25) is 5.88 Å². The highest BCUT2D eigenvalue weighted by atomic mass is 16.5. The van der Waals surface area contributed by atoms with E-state index in [9.17, 15) is 0 Å². The van der Waals surface area contributed by atoms with E-state index in [-0.39, 0.29) is 12.2 Å². The molecule has 0 unspecified atom stereocenters. The number of aromatic nitrogens is 3. The summed E-state index contributed by atoms with van der Waals surface area (Å²) in [5.41, 5.74) is 3.11. The van der Waals surface area contributed by atoms with Crippen molar-refractivity contribution in [3.8, 4) is 11.6 Å². The fourth-order valence-corrected chi connectivity index (χ4v) is 1.98. The highest BCUT2D eigenvalue weighted by molar-refractivity contribution is 5.29. The number of rotatable bonds is 4. The number of aryl methyl sites for hydroxylation is 3. The number of hydrogen-bond acceptors (Lipinski definition) is 4. The molecule has 128 valence electrons. The van der Waals surface area contributed by atoms with Gasteiger partial charge < -0.3 is 9.47 Å². The summed E-state index contributed by atoms with van der Waals surface area (Å²) in [5, 5.41) is 4.26. The Hall–Kier alpha value is -2.04. The third kappa shape index (κ3) is 5.93. The lowest BCUT2D eigenvalue weighted by molar-refractivity contribution is 0.220. The smallest absolute Gasteiger partial charge is 0.214 e. The molecular weight excluding hydrogens is 290 g/mol. The quantitative estimate of drug-likeness (QED) is 0.854. The minimum absolute atomic E-state index is 0.207. The summed E-state index contributed by atoms with van der Waals surface area (Å²) in [6, 6.07) is 3.81. The van der Waals surface area contributed by atoms with Crippen LogP contribution in [0, 0.1) is 20.8 Å². The molecule has 0 aliphatic heterocycles. The van der Waals surface area contributed by atoms with Crippen molar-refractivity contribution < 1.29 is 9.47 Å². The van der Waals surface area contributed by atoms with E-state index in [0.29, 0.717) is 0 Å². The van der Waals surface area contributed by atoms with Crippen LogP contribution < -0.4 is 9.47 Å². The summed E-state index contributed by atoms with van der Waals surface area (Å²) in [6.45, 7) is 14.0. The molecule has 2 aromatic rings. The molecule has 0 saturated heterocycles. The largest absolute Gasteiger partial charge is 0.489 e. The Bertz CT molecular complexity index is 619. The van der Waals surface area contributed by atoms with Gasteiger partial charge in [-0.2, -0.15) is 5.10 Å². The van der Waals surface area contributed by atoms with Crippen molar-refractivity contribution in [2.75, 3.05) is 0 Å². The normalized spacial score (nSPS) is 10.5. The second-order valence-corrected chi connectivity index (χ2v) is 6.06. The van der Waals surface area contributed by atoms with Crippen molar-refractivity contribution in [2.24, 2.45) is 7.05 Å².